The number of carbonyl (C=O) groups is 1. The molecule has 0 aliphatic carbocycles. The second-order valence-electron chi connectivity index (χ2n) is 4.91. The van der Waals surface area contributed by atoms with Crippen molar-refractivity contribution in [3.05, 3.63) is 34.1 Å². The molecule has 2 N–H and O–H groups in total. The third-order valence-corrected chi connectivity index (χ3v) is 2.81. The van der Waals surface area contributed by atoms with E-state index in [1.54, 1.807) is 6.92 Å². The molecule has 1 aromatic rings. The number of methoxy groups -OCH3 is 1. The van der Waals surface area contributed by atoms with Crippen molar-refractivity contribution in [2.24, 2.45) is 5.73 Å². The third kappa shape index (κ3) is 4.38. The van der Waals surface area contributed by atoms with Gasteiger partial charge in [0.1, 0.15) is 11.4 Å². The monoisotopic (exact) mass is 300 g/mol. The molecule has 2 unspecified atom stereocenters. The summed E-state index contributed by atoms with van der Waals surface area (Å²) in [5, 5.41) is 10.9. The Balaban J connectivity index is 2.87. The molecule has 0 amide bonds. The molecule has 0 heterocycles. The first-order valence-electron chi connectivity index (χ1n) is 6.15. The van der Waals surface area contributed by atoms with Crippen LogP contribution in [0.15, 0.2) is 18.2 Å². The fourth-order valence-electron chi connectivity index (χ4n) is 1.90. The van der Waals surface area contributed by atoms with E-state index < -0.39 is 34.0 Å². The van der Waals surface area contributed by atoms with Crippen molar-refractivity contribution in [3.8, 4) is 5.75 Å². The molecule has 1 rings (SSSR count). The summed E-state index contributed by atoms with van der Waals surface area (Å²) in [5.41, 5.74) is 4.02. The number of carbonyl (C=O) groups excluding carboxylic acids is 1. The minimum Gasteiger partial charge on any atom is -0.484 e. The zero-order valence-electron chi connectivity index (χ0n) is 12.0. The molecule has 0 bridgehead atoms. The van der Waals surface area contributed by atoms with Crippen LogP contribution in [0.25, 0.3) is 0 Å². The lowest BCUT2D eigenvalue weighted by Gasteiger charge is -2.25. The summed E-state index contributed by atoms with van der Waals surface area (Å²) >= 11 is 0. The van der Waals surface area contributed by atoms with Gasteiger partial charge < -0.3 is 15.2 Å². The molecule has 0 saturated heterocycles. The second-order valence-corrected chi connectivity index (χ2v) is 4.91. The van der Waals surface area contributed by atoms with Gasteiger partial charge in [-0.3, -0.25) is 14.9 Å². The van der Waals surface area contributed by atoms with Crippen LogP contribution in [0.1, 0.15) is 20.3 Å². The molecule has 0 fully saturated rings. The molecule has 0 spiro atoms. The van der Waals surface area contributed by atoms with E-state index in [0.29, 0.717) is 0 Å². The SMILES string of the molecule is COC(=O)C(C)(N)CC(C)Oc1ccc(F)cc1[N+](=O)[O-]. The molecule has 21 heavy (non-hydrogen) atoms. The predicted molar refractivity (Wildman–Crippen MR) is 72.4 cm³/mol. The Morgan fingerprint density at radius 2 is 2.19 bits per heavy atom. The fourth-order valence-corrected chi connectivity index (χ4v) is 1.90. The zero-order chi connectivity index (χ0) is 16.2. The van der Waals surface area contributed by atoms with Gasteiger partial charge in [0, 0.05) is 6.42 Å². The number of rotatable bonds is 6. The highest BCUT2D eigenvalue weighted by atomic mass is 19.1. The van der Waals surface area contributed by atoms with Gasteiger partial charge >= 0.3 is 11.7 Å². The highest BCUT2D eigenvalue weighted by Gasteiger charge is 2.32. The average molecular weight is 300 g/mol. The summed E-state index contributed by atoms with van der Waals surface area (Å²) in [5.74, 6) is -1.44. The number of nitro groups is 1. The maximum absolute atomic E-state index is 13.0. The van der Waals surface area contributed by atoms with Crippen LogP contribution in [-0.2, 0) is 9.53 Å². The van der Waals surface area contributed by atoms with Crippen molar-refractivity contribution in [1.82, 2.24) is 0 Å². The van der Waals surface area contributed by atoms with Crippen molar-refractivity contribution in [3.63, 3.8) is 0 Å². The Kier molecular flexibility index (Phi) is 5.20. The number of hydrogen-bond donors (Lipinski definition) is 1. The summed E-state index contributed by atoms with van der Waals surface area (Å²) in [6.07, 6.45) is -0.531. The molecule has 0 aromatic heterocycles. The Morgan fingerprint density at radius 3 is 2.71 bits per heavy atom. The van der Waals surface area contributed by atoms with Crippen molar-refractivity contribution < 1.29 is 23.6 Å². The Labute approximate surface area is 121 Å². The summed E-state index contributed by atoms with van der Waals surface area (Å²) in [7, 11) is 1.21. The topological polar surface area (TPSA) is 105 Å². The quantitative estimate of drug-likeness (QED) is 0.488. The first-order valence-corrected chi connectivity index (χ1v) is 6.15. The lowest BCUT2D eigenvalue weighted by Crippen LogP contribution is -2.48. The molecule has 0 aliphatic heterocycles. The Morgan fingerprint density at radius 1 is 1.57 bits per heavy atom. The predicted octanol–water partition coefficient (Wildman–Crippen LogP) is 1.78. The molecule has 1 aromatic carbocycles. The van der Waals surface area contributed by atoms with Crippen molar-refractivity contribution >= 4 is 11.7 Å². The minimum atomic E-state index is -1.29. The van der Waals surface area contributed by atoms with E-state index in [0.717, 1.165) is 18.2 Å². The van der Waals surface area contributed by atoms with Gasteiger partial charge in [-0.25, -0.2) is 4.39 Å². The number of benzene rings is 1. The molecule has 2 atom stereocenters. The van der Waals surface area contributed by atoms with Crippen LogP contribution in [0, 0.1) is 15.9 Å². The van der Waals surface area contributed by atoms with E-state index in [-0.39, 0.29) is 12.2 Å². The maximum atomic E-state index is 13.0. The summed E-state index contributed by atoms with van der Waals surface area (Å²) in [6.45, 7) is 3.07. The summed E-state index contributed by atoms with van der Waals surface area (Å²) in [6, 6.07) is 2.98. The Hall–Kier alpha value is -2.22. The van der Waals surface area contributed by atoms with E-state index >= 15 is 0 Å². The molecule has 7 nitrogen and oxygen atoms in total. The van der Waals surface area contributed by atoms with Gasteiger partial charge in [-0.1, -0.05) is 0 Å². The fraction of sp³-hybridized carbons (Fsp3) is 0.462. The van der Waals surface area contributed by atoms with Crippen molar-refractivity contribution in [1.29, 1.82) is 0 Å². The van der Waals surface area contributed by atoms with Crippen molar-refractivity contribution in [2.75, 3.05) is 7.11 Å². The van der Waals surface area contributed by atoms with Crippen LogP contribution in [0.5, 0.6) is 5.75 Å². The maximum Gasteiger partial charge on any atom is 0.325 e. The summed E-state index contributed by atoms with van der Waals surface area (Å²) < 4.78 is 23.0. The number of nitrogens with zero attached hydrogens (tertiary/aromatic N) is 1. The van der Waals surface area contributed by atoms with Crippen LogP contribution in [0.2, 0.25) is 0 Å². The van der Waals surface area contributed by atoms with Gasteiger partial charge in [-0.15, -0.1) is 0 Å². The normalized spacial score (nSPS) is 14.9. The van der Waals surface area contributed by atoms with Crippen LogP contribution in [-0.4, -0.2) is 29.6 Å². The van der Waals surface area contributed by atoms with E-state index in [2.05, 4.69) is 4.74 Å². The van der Waals surface area contributed by atoms with E-state index in [1.165, 1.54) is 14.0 Å². The molecule has 0 radical (unpaired) electrons. The van der Waals surface area contributed by atoms with Crippen LogP contribution in [0.4, 0.5) is 10.1 Å². The van der Waals surface area contributed by atoms with Crippen LogP contribution in [0.3, 0.4) is 0 Å². The van der Waals surface area contributed by atoms with Gasteiger partial charge in [0.05, 0.1) is 24.2 Å². The van der Waals surface area contributed by atoms with Crippen LogP contribution < -0.4 is 10.5 Å². The van der Waals surface area contributed by atoms with Gasteiger partial charge in [0.15, 0.2) is 5.75 Å². The highest BCUT2D eigenvalue weighted by molar-refractivity contribution is 5.79. The number of nitro benzene ring substituents is 1. The van der Waals surface area contributed by atoms with E-state index in [4.69, 9.17) is 10.5 Å². The zero-order valence-corrected chi connectivity index (χ0v) is 12.0. The molecule has 8 heteroatoms. The Bertz CT molecular complexity index is 547. The highest BCUT2D eigenvalue weighted by Crippen LogP contribution is 2.29. The van der Waals surface area contributed by atoms with Crippen LogP contribution >= 0.6 is 0 Å². The van der Waals surface area contributed by atoms with E-state index in [9.17, 15) is 19.3 Å². The number of hydrogen-bond acceptors (Lipinski definition) is 6. The standard InChI is InChI=1S/C13H17FN2O5/c1-8(7-13(2,15)12(17)20-3)21-11-5-4-9(14)6-10(11)16(18)19/h4-6,8H,7,15H2,1-3H3. The molecular formula is C13H17FN2O5. The third-order valence-electron chi connectivity index (χ3n) is 2.81. The smallest absolute Gasteiger partial charge is 0.325 e. The summed E-state index contributed by atoms with van der Waals surface area (Å²) in [4.78, 5) is 21.6. The first kappa shape index (κ1) is 16.8. The molecule has 116 valence electrons. The van der Waals surface area contributed by atoms with E-state index in [1.807, 2.05) is 0 Å². The van der Waals surface area contributed by atoms with Gasteiger partial charge in [-0.05, 0) is 26.0 Å². The second kappa shape index (κ2) is 6.49. The number of ether oxygens (including phenoxy) is 2. The van der Waals surface area contributed by atoms with Gasteiger partial charge in [0.25, 0.3) is 0 Å². The lowest BCUT2D eigenvalue weighted by atomic mass is 9.96. The molecule has 0 aliphatic rings. The van der Waals surface area contributed by atoms with Crippen molar-refractivity contribution in [2.45, 2.75) is 31.9 Å². The van der Waals surface area contributed by atoms with Gasteiger partial charge in [-0.2, -0.15) is 0 Å². The number of nitrogens with two attached hydrogens (primary N) is 1. The largest absolute Gasteiger partial charge is 0.484 e. The first-order chi connectivity index (χ1) is 9.67. The molecular weight excluding hydrogens is 283 g/mol. The van der Waals surface area contributed by atoms with Gasteiger partial charge in [0.2, 0.25) is 0 Å². The lowest BCUT2D eigenvalue weighted by molar-refractivity contribution is -0.386. The number of halogens is 1. The number of esters is 1. The average Bonchev–Trinajstić information content (AvgIpc) is 2.38. The molecule has 0 saturated carbocycles. The minimum absolute atomic E-state index is 0.0776.